The number of hydrogen-bond acceptors (Lipinski definition) is 7. The molecule has 31 heavy (non-hydrogen) atoms. The van der Waals surface area contributed by atoms with Crippen molar-refractivity contribution in [3.63, 3.8) is 0 Å². The normalized spacial score (nSPS) is 16.0. The molecule has 1 fully saturated rings. The maximum Gasteiger partial charge on any atom is 0.303 e. The van der Waals surface area contributed by atoms with Crippen molar-refractivity contribution in [3.05, 3.63) is 41.9 Å². The monoisotopic (exact) mass is 425 g/mol. The molecule has 0 saturated carbocycles. The maximum atomic E-state index is 11.1. The lowest BCUT2D eigenvalue weighted by Crippen LogP contribution is -2.43. The molecule has 3 aromatic rings. The van der Waals surface area contributed by atoms with Crippen LogP contribution in [0.4, 0.5) is 5.95 Å². The lowest BCUT2D eigenvalue weighted by Gasteiger charge is -2.38. The van der Waals surface area contributed by atoms with Crippen LogP contribution in [0.5, 0.6) is 5.75 Å². The van der Waals surface area contributed by atoms with Gasteiger partial charge in [-0.15, -0.1) is 0 Å². The molecule has 3 N–H and O–H groups in total. The van der Waals surface area contributed by atoms with Gasteiger partial charge in [-0.1, -0.05) is 12.1 Å². The molecule has 0 aliphatic carbocycles. The highest BCUT2D eigenvalue weighted by Gasteiger charge is 2.35. The van der Waals surface area contributed by atoms with Crippen molar-refractivity contribution >= 4 is 23.1 Å². The van der Waals surface area contributed by atoms with Crippen molar-refractivity contribution in [2.45, 2.75) is 51.2 Å². The van der Waals surface area contributed by atoms with E-state index in [1.165, 1.54) is 0 Å². The number of carboxylic acids is 1. The number of carboxylic acid groups (broad SMARTS) is 1. The molecule has 1 aliphatic heterocycles. The Morgan fingerprint density at radius 1 is 1.13 bits per heavy atom. The van der Waals surface area contributed by atoms with Crippen molar-refractivity contribution in [2.24, 2.45) is 0 Å². The molecule has 4 rings (SSSR count). The number of phenols is 1. The smallest absolute Gasteiger partial charge is 0.303 e. The number of phenolic OH excluding ortho intramolecular Hbond substituents is 1. The minimum absolute atomic E-state index is 0.156. The van der Waals surface area contributed by atoms with E-state index in [1.807, 2.05) is 11.5 Å². The fraction of sp³-hybridized carbons (Fsp3) is 0.455. The zero-order valence-electron chi connectivity index (χ0n) is 17.5. The molecule has 3 heterocycles. The number of aliphatic hydroxyl groups is 1. The largest absolute Gasteiger partial charge is 0.508 e. The number of nitrogens with zero attached hydrogens (tertiary/aromatic N) is 5. The van der Waals surface area contributed by atoms with Gasteiger partial charge in [-0.25, -0.2) is 9.97 Å². The summed E-state index contributed by atoms with van der Waals surface area (Å²) in [6.07, 6.45) is 4.30. The van der Waals surface area contributed by atoms with E-state index in [0.717, 1.165) is 28.8 Å². The molecule has 164 valence electrons. The minimum Gasteiger partial charge on any atom is -0.508 e. The summed E-state index contributed by atoms with van der Waals surface area (Å²) in [5.74, 6) is 0.0138. The average Bonchev–Trinajstić information content (AvgIpc) is 3.15. The summed E-state index contributed by atoms with van der Waals surface area (Å²) in [4.78, 5) is 26.6. The Kier molecular flexibility index (Phi) is 5.77. The molecule has 9 heteroatoms. The van der Waals surface area contributed by atoms with Crippen LogP contribution in [0.3, 0.4) is 0 Å². The molecule has 0 bridgehead atoms. The lowest BCUT2D eigenvalue weighted by atomic mass is 9.84. The zero-order valence-corrected chi connectivity index (χ0v) is 17.5. The van der Waals surface area contributed by atoms with Gasteiger partial charge in [0.2, 0.25) is 5.95 Å². The SMILES string of the molecule is Cc1nc(N2CCC(O)(c3ccc(O)cc3)CC2)nc2c1ncn2CCCCC(=O)O. The van der Waals surface area contributed by atoms with Crippen LogP contribution in [0.1, 0.15) is 43.4 Å². The maximum absolute atomic E-state index is 11.1. The first-order valence-corrected chi connectivity index (χ1v) is 10.5. The Labute approximate surface area is 180 Å². The number of benzene rings is 1. The summed E-state index contributed by atoms with van der Waals surface area (Å²) in [7, 11) is 0. The van der Waals surface area contributed by atoms with Crippen molar-refractivity contribution < 1.29 is 20.1 Å². The van der Waals surface area contributed by atoms with Gasteiger partial charge in [0, 0.05) is 26.1 Å². The molecule has 0 amide bonds. The topological polar surface area (TPSA) is 125 Å². The van der Waals surface area contributed by atoms with E-state index in [4.69, 9.17) is 10.1 Å². The molecular formula is C22H27N5O4. The van der Waals surface area contributed by atoms with Crippen LogP contribution < -0.4 is 4.90 Å². The van der Waals surface area contributed by atoms with Crippen LogP contribution in [-0.4, -0.2) is 53.9 Å². The number of aliphatic carboxylic acids is 1. The summed E-state index contributed by atoms with van der Waals surface area (Å²) in [6, 6.07) is 6.72. The summed E-state index contributed by atoms with van der Waals surface area (Å²) < 4.78 is 1.95. The van der Waals surface area contributed by atoms with Gasteiger partial charge >= 0.3 is 5.97 Å². The third-order valence-electron chi connectivity index (χ3n) is 5.94. The number of imidazole rings is 1. The van der Waals surface area contributed by atoms with Crippen LogP contribution in [-0.2, 0) is 16.9 Å². The van der Waals surface area contributed by atoms with Crippen LogP contribution in [0.2, 0.25) is 0 Å². The van der Waals surface area contributed by atoms with Crippen molar-refractivity contribution in [2.75, 3.05) is 18.0 Å². The average molecular weight is 425 g/mol. The van der Waals surface area contributed by atoms with Crippen LogP contribution in [0.25, 0.3) is 11.2 Å². The van der Waals surface area contributed by atoms with E-state index < -0.39 is 11.6 Å². The molecule has 0 unspecified atom stereocenters. The third kappa shape index (κ3) is 4.46. The standard InChI is InChI=1S/C22H27N5O4/c1-15-19-20(27(14-23-19)11-3-2-4-18(29)30)25-21(24-15)26-12-9-22(31,10-13-26)16-5-7-17(28)8-6-16/h5-8,14,28,31H,2-4,9-13H2,1H3,(H,29,30). The number of hydrogen-bond donors (Lipinski definition) is 3. The number of carbonyl (C=O) groups is 1. The van der Waals surface area contributed by atoms with E-state index in [2.05, 4.69) is 14.9 Å². The fourth-order valence-corrected chi connectivity index (χ4v) is 4.07. The van der Waals surface area contributed by atoms with Crippen LogP contribution >= 0.6 is 0 Å². The number of aromatic hydroxyl groups is 1. The number of rotatable bonds is 7. The van der Waals surface area contributed by atoms with E-state index in [0.29, 0.717) is 44.8 Å². The molecule has 2 aromatic heterocycles. The molecule has 0 spiro atoms. The second-order valence-corrected chi connectivity index (χ2v) is 8.14. The van der Waals surface area contributed by atoms with Gasteiger partial charge in [0.05, 0.1) is 17.6 Å². The van der Waals surface area contributed by atoms with Crippen LogP contribution in [0, 0.1) is 6.92 Å². The first-order chi connectivity index (χ1) is 14.9. The Balaban J connectivity index is 1.49. The number of aromatic nitrogens is 4. The van der Waals surface area contributed by atoms with Gasteiger partial charge in [0.15, 0.2) is 5.65 Å². The Hall–Kier alpha value is -3.20. The van der Waals surface area contributed by atoms with E-state index in [1.54, 1.807) is 30.6 Å². The number of piperidine rings is 1. The fourth-order valence-electron chi connectivity index (χ4n) is 4.07. The Bertz CT molecular complexity index is 1070. The van der Waals surface area contributed by atoms with E-state index >= 15 is 0 Å². The summed E-state index contributed by atoms with van der Waals surface area (Å²) in [5, 5.41) is 29.4. The van der Waals surface area contributed by atoms with Gasteiger partial charge in [0.25, 0.3) is 0 Å². The highest BCUT2D eigenvalue weighted by atomic mass is 16.4. The molecular weight excluding hydrogens is 398 g/mol. The molecule has 0 radical (unpaired) electrons. The minimum atomic E-state index is -0.935. The van der Waals surface area contributed by atoms with Crippen molar-refractivity contribution in [3.8, 4) is 5.75 Å². The summed E-state index contributed by atoms with van der Waals surface area (Å²) >= 11 is 0. The molecule has 1 saturated heterocycles. The van der Waals surface area contributed by atoms with Crippen LogP contribution in [0.15, 0.2) is 30.6 Å². The Morgan fingerprint density at radius 2 is 1.84 bits per heavy atom. The van der Waals surface area contributed by atoms with Gasteiger partial charge < -0.3 is 24.8 Å². The summed E-state index contributed by atoms with van der Waals surface area (Å²) in [6.45, 7) is 3.77. The summed E-state index contributed by atoms with van der Waals surface area (Å²) in [5.41, 5.74) is 2.16. The van der Waals surface area contributed by atoms with Crippen molar-refractivity contribution in [1.82, 2.24) is 19.5 Å². The van der Waals surface area contributed by atoms with Gasteiger partial charge in [0.1, 0.15) is 11.3 Å². The quantitative estimate of drug-likeness (QED) is 0.493. The van der Waals surface area contributed by atoms with Gasteiger partial charge in [-0.3, -0.25) is 4.79 Å². The van der Waals surface area contributed by atoms with Crippen molar-refractivity contribution in [1.29, 1.82) is 0 Å². The lowest BCUT2D eigenvalue weighted by molar-refractivity contribution is -0.137. The second kappa shape index (κ2) is 8.50. The van der Waals surface area contributed by atoms with Gasteiger partial charge in [-0.05, 0) is 50.3 Å². The highest BCUT2D eigenvalue weighted by Crippen LogP contribution is 2.34. The molecule has 0 atom stereocenters. The van der Waals surface area contributed by atoms with E-state index in [9.17, 15) is 15.0 Å². The zero-order chi connectivity index (χ0) is 22.0. The van der Waals surface area contributed by atoms with Gasteiger partial charge in [-0.2, -0.15) is 4.98 Å². The predicted octanol–water partition coefficient (Wildman–Crippen LogP) is 2.58. The molecule has 1 aromatic carbocycles. The number of aryl methyl sites for hydroxylation is 2. The number of fused-ring (bicyclic) bond motifs is 1. The third-order valence-corrected chi connectivity index (χ3v) is 5.94. The first kappa shape index (κ1) is 21.0. The number of anilines is 1. The number of unbranched alkanes of at least 4 members (excludes halogenated alkanes) is 1. The van der Waals surface area contributed by atoms with E-state index in [-0.39, 0.29) is 12.2 Å². The predicted molar refractivity (Wildman–Crippen MR) is 115 cm³/mol. The highest BCUT2D eigenvalue weighted by molar-refractivity contribution is 5.74. The first-order valence-electron chi connectivity index (χ1n) is 10.5. The molecule has 1 aliphatic rings. The second-order valence-electron chi connectivity index (χ2n) is 8.14. The molecule has 9 nitrogen and oxygen atoms in total. The Morgan fingerprint density at radius 3 is 2.52 bits per heavy atom.